The monoisotopic (exact) mass is 280 g/mol. The van der Waals surface area contributed by atoms with Crippen molar-refractivity contribution in [1.29, 1.82) is 0 Å². The average molecular weight is 280 g/mol. The number of aryl methyl sites for hydroxylation is 1. The van der Waals surface area contributed by atoms with Crippen LogP contribution in [0, 0.1) is 0 Å². The summed E-state index contributed by atoms with van der Waals surface area (Å²) in [5.74, 6) is 0. The molecule has 0 spiro atoms. The van der Waals surface area contributed by atoms with Gasteiger partial charge in [-0.15, -0.1) is 0 Å². The highest BCUT2D eigenvalue weighted by atomic mass is 16.3. The normalized spacial score (nSPS) is 20.2. The van der Waals surface area contributed by atoms with Crippen molar-refractivity contribution in [2.45, 2.75) is 57.2 Å². The molecule has 114 valence electrons. The number of aliphatic hydroxyl groups excluding tert-OH is 1. The Labute approximate surface area is 121 Å². The Morgan fingerprint density at radius 3 is 2.65 bits per heavy atom. The van der Waals surface area contributed by atoms with Crippen LogP contribution < -0.4 is 5.73 Å². The van der Waals surface area contributed by atoms with Crippen molar-refractivity contribution < 1.29 is 5.11 Å². The van der Waals surface area contributed by atoms with Crippen molar-refractivity contribution in [1.82, 2.24) is 14.7 Å². The smallest absolute Gasteiger partial charge is 0.0558 e. The van der Waals surface area contributed by atoms with Gasteiger partial charge < -0.3 is 10.8 Å². The van der Waals surface area contributed by atoms with E-state index in [0.29, 0.717) is 12.6 Å². The standard InChI is InChI=1S/C15H28N4O/c1-12(16)15(13-10-17-18(2)11-13)19(8-9-20)14-6-4-3-5-7-14/h10-12,14-15,20H,3-9,16H2,1-2H3. The van der Waals surface area contributed by atoms with E-state index in [9.17, 15) is 5.11 Å². The summed E-state index contributed by atoms with van der Waals surface area (Å²) in [4.78, 5) is 2.40. The van der Waals surface area contributed by atoms with E-state index in [0.717, 1.165) is 5.56 Å². The lowest BCUT2D eigenvalue weighted by atomic mass is 9.91. The van der Waals surface area contributed by atoms with Crippen LogP contribution in [0.2, 0.25) is 0 Å². The molecule has 1 saturated carbocycles. The highest BCUT2D eigenvalue weighted by Crippen LogP contribution is 2.31. The summed E-state index contributed by atoms with van der Waals surface area (Å²) in [6, 6.07) is 0.693. The molecule has 0 aromatic carbocycles. The minimum atomic E-state index is 0.0210. The quantitative estimate of drug-likeness (QED) is 0.827. The second kappa shape index (κ2) is 7.20. The Kier molecular flexibility index (Phi) is 5.57. The molecule has 2 atom stereocenters. The maximum absolute atomic E-state index is 9.45. The van der Waals surface area contributed by atoms with Crippen molar-refractivity contribution in [2.24, 2.45) is 12.8 Å². The molecule has 1 aliphatic carbocycles. The topological polar surface area (TPSA) is 67.3 Å². The van der Waals surface area contributed by atoms with Crippen LogP contribution in [0.5, 0.6) is 0 Å². The van der Waals surface area contributed by atoms with Gasteiger partial charge in [-0.05, 0) is 19.8 Å². The number of nitrogens with zero attached hydrogens (tertiary/aromatic N) is 3. The van der Waals surface area contributed by atoms with Gasteiger partial charge in [-0.1, -0.05) is 19.3 Å². The summed E-state index contributed by atoms with van der Waals surface area (Å²) in [5.41, 5.74) is 7.41. The molecule has 2 rings (SSSR count). The number of aliphatic hydroxyl groups is 1. The summed E-state index contributed by atoms with van der Waals surface area (Å²) in [6.45, 7) is 2.91. The fourth-order valence-electron chi connectivity index (χ4n) is 3.47. The molecule has 1 aromatic rings. The number of aromatic nitrogens is 2. The number of nitrogens with two attached hydrogens (primary N) is 1. The molecule has 1 heterocycles. The van der Waals surface area contributed by atoms with E-state index in [2.05, 4.69) is 10.00 Å². The molecule has 3 N–H and O–H groups in total. The average Bonchev–Trinajstić information content (AvgIpc) is 2.85. The Morgan fingerprint density at radius 1 is 1.45 bits per heavy atom. The van der Waals surface area contributed by atoms with E-state index < -0.39 is 0 Å². The molecular formula is C15H28N4O. The maximum atomic E-state index is 9.45. The third-order valence-corrected chi connectivity index (χ3v) is 4.32. The zero-order valence-electron chi connectivity index (χ0n) is 12.7. The lowest BCUT2D eigenvalue weighted by molar-refractivity contribution is 0.0699. The van der Waals surface area contributed by atoms with Crippen LogP contribution in [0.4, 0.5) is 0 Å². The van der Waals surface area contributed by atoms with Gasteiger partial charge in [-0.3, -0.25) is 9.58 Å². The lowest BCUT2D eigenvalue weighted by Crippen LogP contribution is -2.47. The number of rotatable bonds is 6. The molecule has 5 nitrogen and oxygen atoms in total. The SMILES string of the molecule is CC(N)C(c1cnn(C)c1)N(CCO)C1CCCCC1. The number of hydrogen-bond donors (Lipinski definition) is 2. The zero-order chi connectivity index (χ0) is 14.5. The molecule has 20 heavy (non-hydrogen) atoms. The third kappa shape index (κ3) is 3.59. The molecule has 0 radical (unpaired) electrons. The van der Waals surface area contributed by atoms with Gasteiger partial charge in [0.05, 0.1) is 18.8 Å². The highest BCUT2D eigenvalue weighted by molar-refractivity contribution is 5.13. The first-order valence-electron chi connectivity index (χ1n) is 7.74. The van der Waals surface area contributed by atoms with E-state index in [1.54, 1.807) is 0 Å². The molecule has 0 amide bonds. The maximum Gasteiger partial charge on any atom is 0.0558 e. The second-order valence-electron chi connectivity index (χ2n) is 6.00. The van der Waals surface area contributed by atoms with Crippen LogP contribution in [0.15, 0.2) is 12.4 Å². The first-order chi connectivity index (χ1) is 9.63. The Morgan fingerprint density at radius 2 is 2.15 bits per heavy atom. The van der Waals surface area contributed by atoms with Crippen LogP contribution in [0.25, 0.3) is 0 Å². The van der Waals surface area contributed by atoms with Gasteiger partial charge in [0.15, 0.2) is 0 Å². The number of hydrogen-bond acceptors (Lipinski definition) is 4. The lowest BCUT2D eigenvalue weighted by Gasteiger charge is -2.41. The predicted octanol–water partition coefficient (Wildman–Crippen LogP) is 1.44. The van der Waals surface area contributed by atoms with Gasteiger partial charge in [0, 0.05) is 37.4 Å². The molecule has 0 saturated heterocycles. The van der Waals surface area contributed by atoms with Crippen LogP contribution in [-0.2, 0) is 7.05 Å². The molecule has 1 fully saturated rings. The molecule has 1 aliphatic rings. The predicted molar refractivity (Wildman–Crippen MR) is 80.3 cm³/mol. The van der Waals surface area contributed by atoms with Crippen molar-refractivity contribution >= 4 is 0 Å². The van der Waals surface area contributed by atoms with Crippen molar-refractivity contribution in [2.75, 3.05) is 13.2 Å². The summed E-state index contributed by atoms with van der Waals surface area (Å²) in [6.07, 6.45) is 10.3. The summed E-state index contributed by atoms with van der Waals surface area (Å²) >= 11 is 0. The van der Waals surface area contributed by atoms with E-state index in [4.69, 9.17) is 5.73 Å². The van der Waals surface area contributed by atoms with Crippen LogP contribution in [-0.4, -0.2) is 45.0 Å². The van der Waals surface area contributed by atoms with E-state index >= 15 is 0 Å². The highest BCUT2D eigenvalue weighted by Gasteiger charge is 2.31. The van der Waals surface area contributed by atoms with E-state index in [1.807, 2.05) is 31.0 Å². The molecule has 1 aromatic heterocycles. The largest absolute Gasteiger partial charge is 0.395 e. The zero-order valence-corrected chi connectivity index (χ0v) is 12.7. The molecule has 0 bridgehead atoms. The second-order valence-corrected chi connectivity index (χ2v) is 6.00. The van der Waals surface area contributed by atoms with Crippen LogP contribution in [0.1, 0.15) is 50.6 Å². The van der Waals surface area contributed by atoms with Gasteiger partial charge in [-0.25, -0.2) is 0 Å². The first kappa shape index (κ1) is 15.5. The summed E-state index contributed by atoms with van der Waals surface area (Å²) in [5, 5.41) is 13.7. The summed E-state index contributed by atoms with van der Waals surface area (Å²) < 4.78 is 1.82. The van der Waals surface area contributed by atoms with Gasteiger partial charge in [0.1, 0.15) is 0 Å². The van der Waals surface area contributed by atoms with Crippen molar-refractivity contribution in [3.05, 3.63) is 18.0 Å². The van der Waals surface area contributed by atoms with E-state index in [1.165, 1.54) is 32.1 Å². The molecular weight excluding hydrogens is 252 g/mol. The van der Waals surface area contributed by atoms with Gasteiger partial charge in [0.25, 0.3) is 0 Å². The van der Waals surface area contributed by atoms with E-state index in [-0.39, 0.29) is 18.7 Å². The molecule has 0 aliphatic heterocycles. The van der Waals surface area contributed by atoms with Crippen LogP contribution >= 0.6 is 0 Å². The Hall–Kier alpha value is -0.910. The summed E-state index contributed by atoms with van der Waals surface area (Å²) in [7, 11) is 1.93. The Balaban J connectivity index is 2.22. The van der Waals surface area contributed by atoms with Gasteiger partial charge in [-0.2, -0.15) is 5.10 Å². The fourth-order valence-corrected chi connectivity index (χ4v) is 3.47. The van der Waals surface area contributed by atoms with Gasteiger partial charge in [0.2, 0.25) is 0 Å². The minimum absolute atomic E-state index is 0.0210. The Bertz CT molecular complexity index is 398. The minimum Gasteiger partial charge on any atom is -0.395 e. The van der Waals surface area contributed by atoms with Crippen LogP contribution in [0.3, 0.4) is 0 Å². The first-order valence-corrected chi connectivity index (χ1v) is 7.74. The third-order valence-electron chi connectivity index (χ3n) is 4.32. The van der Waals surface area contributed by atoms with Gasteiger partial charge >= 0.3 is 0 Å². The molecule has 2 unspecified atom stereocenters. The molecule has 5 heteroatoms. The van der Waals surface area contributed by atoms with Crippen molar-refractivity contribution in [3.8, 4) is 0 Å². The fraction of sp³-hybridized carbons (Fsp3) is 0.800. The van der Waals surface area contributed by atoms with Crippen molar-refractivity contribution in [3.63, 3.8) is 0 Å².